The Balaban J connectivity index is 1.60. The van der Waals surface area contributed by atoms with E-state index in [1.807, 2.05) is 0 Å². The second-order valence-electron chi connectivity index (χ2n) is 7.18. The van der Waals surface area contributed by atoms with Gasteiger partial charge in [-0.25, -0.2) is 13.4 Å². The van der Waals surface area contributed by atoms with Gasteiger partial charge in [-0.05, 0) is 63.1 Å². The van der Waals surface area contributed by atoms with E-state index in [4.69, 9.17) is 0 Å². The Morgan fingerprint density at radius 2 is 1.73 bits per heavy atom. The number of carbonyl (C=O) groups is 2. The molecule has 0 bridgehead atoms. The van der Waals surface area contributed by atoms with E-state index in [-0.39, 0.29) is 16.6 Å². The molecule has 1 aromatic carbocycles. The van der Waals surface area contributed by atoms with Crippen LogP contribution in [0.1, 0.15) is 43.5 Å². The van der Waals surface area contributed by atoms with Gasteiger partial charge in [0, 0.05) is 30.5 Å². The van der Waals surface area contributed by atoms with Crippen molar-refractivity contribution in [3.8, 4) is 0 Å². The second-order valence-corrected chi connectivity index (χ2v) is 10.5. The summed E-state index contributed by atoms with van der Waals surface area (Å²) in [4.78, 5) is 28.2. The van der Waals surface area contributed by atoms with E-state index in [0.29, 0.717) is 29.4 Å². The number of hydrogen-bond donors (Lipinski definition) is 1. The van der Waals surface area contributed by atoms with Gasteiger partial charge in [-0.3, -0.25) is 9.59 Å². The molecule has 3 rings (SSSR count). The Bertz CT molecular complexity index is 1000. The van der Waals surface area contributed by atoms with E-state index in [0.717, 1.165) is 19.3 Å². The highest BCUT2D eigenvalue weighted by Crippen LogP contribution is 2.25. The average molecular weight is 448 g/mol. The van der Waals surface area contributed by atoms with Crippen LogP contribution in [0.3, 0.4) is 0 Å². The summed E-state index contributed by atoms with van der Waals surface area (Å²) >= 11 is 1.25. The third-order valence-electron chi connectivity index (χ3n) is 4.89. The maximum absolute atomic E-state index is 12.7. The lowest BCUT2D eigenvalue weighted by atomic mass is 10.1. The number of aromatic nitrogens is 1. The molecule has 1 aromatic heterocycles. The van der Waals surface area contributed by atoms with Gasteiger partial charge in [-0.15, -0.1) is 0 Å². The highest BCUT2D eigenvalue weighted by molar-refractivity contribution is 8.00. The van der Waals surface area contributed by atoms with Crippen molar-refractivity contribution in [1.82, 2.24) is 9.29 Å². The largest absolute Gasteiger partial charge is 0.325 e. The average Bonchev–Trinajstić information content (AvgIpc) is 2.75. The highest BCUT2D eigenvalue weighted by atomic mass is 32.2. The number of ketones is 1. The Hall–Kier alpha value is -2.23. The predicted octanol–water partition coefficient (Wildman–Crippen LogP) is 3.58. The first-order valence-corrected chi connectivity index (χ1v) is 12.1. The van der Waals surface area contributed by atoms with Gasteiger partial charge in [0.2, 0.25) is 15.9 Å². The van der Waals surface area contributed by atoms with Crippen LogP contribution in [0.2, 0.25) is 0 Å². The van der Waals surface area contributed by atoms with Crippen LogP contribution in [0, 0.1) is 0 Å². The fourth-order valence-electron chi connectivity index (χ4n) is 3.11. The van der Waals surface area contributed by atoms with Crippen LogP contribution in [0.5, 0.6) is 0 Å². The number of piperidine rings is 1. The van der Waals surface area contributed by atoms with Crippen molar-refractivity contribution >= 4 is 39.2 Å². The Kier molecular flexibility index (Phi) is 7.27. The molecule has 9 heteroatoms. The molecule has 0 aliphatic carbocycles. The van der Waals surface area contributed by atoms with Crippen LogP contribution in [0.4, 0.5) is 5.69 Å². The molecule has 0 radical (unpaired) electrons. The fourth-order valence-corrected chi connectivity index (χ4v) is 5.36. The number of Topliss-reactive ketones (excluding diaryl/α,β-unsaturated/α-hetero) is 1. The zero-order valence-corrected chi connectivity index (χ0v) is 18.6. The maximum Gasteiger partial charge on any atom is 0.244 e. The molecule has 0 spiro atoms. The molecule has 1 aliphatic heterocycles. The van der Waals surface area contributed by atoms with E-state index in [1.165, 1.54) is 29.2 Å². The first-order valence-electron chi connectivity index (χ1n) is 9.82. The number of thioether (sulfide) groups is 1. The SMILES string of the molecule is CC(=O)c1ccc(NC(=O)C(C)Sc2ccc(S(=O)(=O)N3CCCCC3)cn2)cc1. The van der Waals surface area contributed by atoms with Gasteiger partial charge in [0.1, 0.15) is 4.90 Å². The molecule has 1 N–H and O–H groups in total. The van der Waals surface area contributed by atoms with Crippen molar-refractivity contribution in [3.63, 3.8) is 0 Å². The molecule has 1 aliphatic rings. The summed E-state index contributed by atoms with van der Waals surface area (Å²) in [5, 5.41) is 2.94. The minimum Gasteiger partial charge on any atom is -0.325 e. The van der Waals surface area contributed by atoms with Crippen LogP contribution in [-0.4, -0.2) is 47.7 Å². The number of nitrogens with zero attached hydrogens (tertiary/aromatic N) is 2. The van der Waals surface area contributed by atoms with Crippen molar-refractivity contribution in [2.45, 2.75) is 48.3 Å². The first-order chi connectivity index (χ1) is 14.3. The molecular weight excluding hydrogens is 422 g/mol. The van der Waals surface area contributed by atoms with Crippen molar-refractivity contribution in [3.05, 3.63) is 48.2 Å². The van der Waals surface area contributed by atoms with Gasteiger partial charge >= 0.3 is 0 Å². The molecule has 30 heavy (non-hydrogen) atoms. The molecule has 1 unspecified atom stereocenters. The molecule has 7 nitrogen and oxygen atoms in total. The van der Waals surface area contributed by atoms with Crippen molar-refractivity contribution in [2.75, 3.05) is 18.4 Å². The number of amides is 1. The van der Waals surface area contributed by atoms with E-state index in [9.17, 15) is 18.0 Å². The van der Waals surface area contributed by atoms with Crippen molar-refractivity contribution < 1.29 is 18.0 Å². The quantitative estimate of drug-likeness (QED) is 0.515. The van der Waals surface area contributed by atoms with Crippen LogP contribution < -0.4 is 5.32 Å². The lowest BCUT2D eigenvalue weighted by Gasteiger charge is -2.25. The third kappa shape index (κ3) is 5.47. The summed E-state index contributed by atoms with van der Waals surface area (Å²) in [6.45, 7) is 4.33. The zero-order valence-electron chi connectivity index (χ0n) is 17.0. The first kappa shape index (κ1) is 22.5. The number of carbonyl (C=O) groups excluding carboxylic acids is 2. The smallest absolute Gasteiger partial charge is 0.244 e. The number of sulfonamides is 1. The molecule has 1 saturated heterocycles. The summed E-state index contributed by atoms with van der Waals surface area (Å²) in [5.41, 5.74) is 1.19. The number of pyridine rings is 1. The Labute approximate surface area is 181 Å². The Morgan fingerprint density at radius 1 is 1.07 bits per heavy atom. The number of rotatable bonds is 7. The van der Waals surface area contributed by atoms with E-state index in [1.54, 1.807) is 43.3 Å². The van der Waals surface area contributed by atoms with E-state index < -0.39 is 15.3 Å². The van der Waals surface area contributed by atoms with Gasteiger partial charge in [-0.2, -0.15) is 4.31 Å². The summed E-state index contributed by atoms with van der Waals surface area (Å²) in [6, 6.07) is 9.88. The normalized spacial score (nSPS) is 16.1. The molecule has 160 valence electrons. The summed E-state index contributed by atoms with van der Waals surface area (Å²) in [7, 11) is -3.52. The van der Waals surface area contributed by atoms with E-state index in [2.05, 4.69) is 10.3 Å². The minimum atomic E-state index is -3.52. The van der Waals surface area contributed by atoms with Gasteiger partial charge in [-0.1, -0.05) is 18.2 Å². The van der Waals surface area contributed by atoms with Crippen LogP contribution in [-0.2, 0) is 14.8 Å². The predicted molar refractivity (Wildman–Crippen MR) is 117 cm³/mol. The van der Waals surface area contributed by atoms with Crippen LogP contribution in [0.15, 0.2) is 52.5 Å². The standard InChI is InChI=1S/C21H25N3O4S2/c1-15(25)17-6-8-18(9-7-17)23-21(26)16(2)29-20-11-10-19(14-22-20)30(27,28)24-12-4-3-5-13-24/h6-11,14,16H,3-5,12-13H2,1-2H3,(H,23,26). The van der Waals surface area contributed by atoms with Gasteiger partial charge in [0.15, 0.2) is 5.78 Å². The molecular formula is C21H25N3O4S2. The molecule has 2 aromatic rings. The zero-order chi connectivity index (χ0) is 21.7. The lowest BCUT2D eigenvalue weighted by molar-refractivity contribution is -0.115. The maximum atomic E-state index is 12.7. The fraction of sp³-hybridized carbons (Fsp3) is 0.381. The van der Waals surface area contributed by atoms with Crippen molar-refractivity contribution in [2.24, 2.45) is 0 Å². The van der Waals surface area contributed by atoms with Crippen molar-refractivity contribution in [1.29, 1.82) is 0 Å². The highest BCUT2D eigenvalue weighted by Gasteiger charge is 2.26. The van der Waals surface area contributed by atoms with E-state index >= 15 is 0 Å². The molecule has 0 saturated carbocycles. The Morgan fingerprint density at radius 3 is 2.30 bits per heavy atom. The van der Waals surface area contributed by atoms with Crippen LogP contribution >= 0.6 is 11.8 Å². The lowest BCUT2D eigenvalue weighted by Crippen LogP contribution is -2.35. The number of anilines is 1. The second kappa shape index (κ2) is 9.72. The van der Waals surface area contributed by atoms with Crippen LogP contribution in [0.25, 0.3) is 0 Å². The number of hydrogen-bond acceptors (Lipinski definition) is 6. The molecule has 1 amide bonds. The topological polar surface area (TPSA) is 96.4 Å². The molecule has 2 heterocycles. The molecule has 1 atom stereocenters. The summed E-state index contributed by atoms with van der Waals surface area (Å²) in [6.07, 6.45) is 4.17. The minimum absolute atomic E-state index is 0.0337. The van der Waals surface area contributed by atoms with Gasteiger partial charge < -0.3 is 5.32 Å². The monoisotopic (exact) mass is 447 g/mol. The number of nitrogens with one attached hydrogen (secondary N) is 1. The molecule has 1 fully saturated rings. The number of benzene rings is 1. The van der Waals surface area contributed by atoms with Gasteiger partial charge in [0.05, 0.1) is 10.3 Å². The third-order valence-corrected chi connectivity index (χ3v) is 7.82. The summed E-state index contributed by atoms with van der Waals surface area (Å²) < 4.78 is 26.9. The van der Waals surface area contributed by atoms with Gasteiger partial charge in [0.25, 0.3) is 0 Å². The summed E-state index contributed by atoms with van der Waals surface area (Å²) in [5.74, 6) is -0.240.